The number of methoxy groups -OCH3 is 1. The number of carbonyl (C=O) groups is 1. The van der Waals surface area contributed by atoms with Gasteiger partial charge in [0.25, 0.3) is 0 Å². The van der Waals surface area contributed by atoms with Gasteiger partial charge in [-0.1, -0.05) is 12.1 Å². The van der Waals surface area contributed by atoms with Crippen LogP contribution in [0, 0.1) is 0 Å². The maximum absolute atomic E-state index is 11.6. The highest BCUT2D eigenvalue weighted by atomic mass is 16.6. The summed E-state index contributed by atoms with van der Waals surface area (Å²) < 4.78 is 10.2. The molecule has 2 rings (SSSR count). The lowest BCUT2D eigenvalue weighted by molar-refractivity contribution is 0.0794. The van der Waals surface area contributed by atoms with Crippen molar-refractivity contribution >= 4 is 6.09 Å². The number of aryl methyl sites for hydroxylation is 1. The smallest absolute Gasteiger partial charge is 0.409 e. The van der Waals surface area contributed by atoms with E-state index in [0.29, 0.717) is 6.61 Å². The molecule has 0 aliphatic carbocycles. The summed E-state index contributed by atoms with van der Waals surface area (Å²) in [6.45, 7) is 6.75. The van der Waals surface area contributed by atoms with E-state index in [1.165, 1.54) is 5.56 Å². The van der Waals surface area contributed by atoms with E-state index in [4.69, 9.17) is 9.47 Å². The Morgan fingerprint density at radius 3 is 2.41 bits per heavy atom. The first-order valence-corrected chi connectivity index (χ1v) is 8.00. The van der Waals surface area contributed by atoms with E-state index in [0.717, 1.165) is 51.3 Å². The fraction of sp³-hybridized carbons (Fsp3) is 0.588. The molecule has 0 unspecified atom stereocenters. The van der Waals surface area contributed by atoms with E-state index in [9.17, 15) is 4.79 Å². The molecule has 0 saturated carbocycles. The Kier molecular flexibility index (Phi) is 6.52. The average molecular weight is 306 g/mol. The first-order valence-electron chi connectivity index (χ1n) is 8.00. The quantitative estimate of drug-likeness (QED) is 0.809. The van der Waals surface area contributed by atoms with Crippen LogP contribution < -0.4 is 4.74 Å². The molecule has 5 heteroatoms. The minimum atomic E-state index is -0.180. The van der Waals surface area contributed by atoms with E-state index in [1.54, 1.807) is 12.0 Å². The molecule has 0 bridgehead atoms. The maximum Gasteiger partial charge on any atom is 0.409 e. The van der Waals surface area contributed by atoms with Gasteiger partial charge in [0.2, 0.25) is 0 Å². The Bertz CT molecular complexity index is 453. The van der Waals surface area contributed by atoms with E-state index < -0.39 is 0 Å². The highest BCUT2D eigenvalue weighted by Crippen LogP contribution is 2.13. The number of rotatable bonds is 6. The van der Waals surface area contributed by atoms with Gasteiger partial charge in [-0.25, -0.2) is 4.79 Å². The molecule has 0 radical (unpaired) electrons. The molecule has 1 heterocycles. The van der Waals surface area contributed by atoms with Crippen LogP contribution in [0.1, 0.15) is 18.9 Å². The average Bonchev–Trinajstić information content (AvgIpc) is 2.56. The Labute approximate surface area is 132 Å². The highest BCUT2D eigenvalue weighted by molar-refractivity contribution is 5.67. The van der Waals surface area contributed by atoms with E-state index in [2.05, 4.69) is 17.0 Å². The molecule has 22 heavy (non-hydrogen) atoms. The molecule has 1 aromatic rings. The van der Waals surface area contributed by atoms with Crippen molar-refractivity contribution in [3.05, 3.63) is 29.8 Å². The van der Waals surface area contributed by atoms with Crippen LogP contribution in [0.4, 0.5) is 4.79 Å². The highest BCUT2D eigenvalue weighted by Gasteiger charge is 2.21. The van der Waals surface area contributed by atoms with E-state index in [-0.39, 0.29) is 6.09 Å². The summed E-state index contributed by atoms with van der Waals surface area (Å²) in [7, 11) is 1.69. The first kappa shape index (κ1) is 16.6. The van der Waals surface area contributed by atoms with Crippen LogP contribution in [0.25, 0.3) is 0 Å². The van der Waals surface area contributed by atoms with E-state index >= 15 is 0 Å². The van der Waals surface area contributed by atoms with Crippen LogP contribution in [0.5, 0.6) is 5.75 Å². The lowest BCUT2D eigenvalue weighted by Crippen LogP contribution is -2.49. The second-order valence-electron chi connectivity index (χ2n) is 5.48. The molecule has 0 atom stereocenters. The van der Waals surface area contributed by atoms with Crippen molar-refractivity contribution in [3.8, 4) is 5.75 Å². The molecule has 1 aliphatic rings. The number of hydrogen-bond donors (Lipinski definition) is 0. The molecule has 122 valence electrons. The van der Waals surface area contributed by atoms with Crippen molar-refractivity contribution in [3.63, 3.8) is 0 Å². The summed E-state index contributed by atoms with van der Waals surface area (Å²) >= 11 is 0. The molecular formula is C17H26N2O3. The number of ether oxygens (including phenoxy) is 2. The Balaban J connectivity index is 1.65. The molecule has 0 N–H and O–H groups in total. The Morgan fingerprint density at radius 1 is 1.14 bits per heavy atom. The van der Waals surface area contributed by atoms with Gasteiger partial charge in [0, 0.05) is 26.2 Å². The summed E-state index contributed by atoms with van der Waals surface area (Å²) in [5, 5.41) is 0. The molecule has 5 nitrogen and oxygen atoms in total. The third-order valence-corrected chi connectivity index (χ3v) is 4.00. The summed E-state index contributed by atoms with van der Waals surface area (Å²) in [6, 6.07) is 8.26. The van der Waals surface area contributed by atoms with Crippen molar-refractivity contribution in [2.24, 2.45) is 0 Å². The summed E-state index contributed by atoms with van der Waals surface area (Å²) in [6.07, 6.45) is 2.02. The lowest BCUT2D eigenvalue weighted by atomic mass is 10.1. The van der Waals surface area contributed by atoms with Gasteiger partial charge in [-0.15, -0.1) is 0 Å². The number of carbonyl (C=O) groups excluding carboxylic acids is 1. The van der Waals surface area contributed by atoms with Crippen molar-refractivity contribution in [2.75, 3.05) is 46.4 Å². The van der Waals surface area contributed by atoms with Crippen molar-refractivity contribution in [1.29, 1.82) is 0 Å². The largest absolute Gasteiger partial charge is 0.497 e. The van der Waals surface area contributed by atoms with Crippen molar-refractivity contribution < 1.29 is 14.3 Å². The van der Waals surface area contributed by atoms with Gasteiger partial charge in [0.15, 0.2) is 0 Å². The summed E-state index contributed by atoms with van der Waals surface area (Å²) in [5.74, 6) is 0.902. The molecule has 1 amide bonds. The van der Waals surface area contributed by atoms with Gasteiger partial charge in [0.05, 0.1) is 13.7 Å². The molecule has 1 saturated heterocycles. The minimum Gasteiger partial charge on any atom is -0.497 e. The summed E-state index contributed by atoms with van der Waals surface area (Å²) in [4.78, 5) is 15.8. The van der Waals surface area contributed by atoms with Gasteiger partial charge < -0.3 is 14.4 Å². The summed E-state index contributed by atoms with van der Waals surface area (Å²) in [5.41, 5.74) is 1.34. The third-order valence-electron chi connectivity index (χ3n) is 4.00. The van der Waals surface area contributed by atoms with Gasteiger partial charge >= 0.3 is 6.09 Å². The maximum atomic E-state index is 11.6. The molecule has 1 fully saturated rings. The van der Waals surface area contributed by atoms with Gasteiger partial charge in [-0.2, -0.15) is 0 Å². The van der Waals surface area contributed by atoms with Crippen LogP contribution in [0.3, 0.4) is 0 Å². The van der Waals surface area contributed by atoms with Gasteiger partial charge in [-0.05, 0) is 44.0 Å². The number of hydrogen-bond acceptors (Lipinski definition) is 4. The molecule has 0 spiro atoms. The van der Waals surface area contributed by atoms with Crippen molar-refractivity contribution in [1.82, 2.24) is 9.80 Å². The zero-order valence-corrected chi connectivity index (χ0v) is 13.6. The van der Waals surface area contributed by atoms with Crippen LogP contribution in [0.15, 0.2) is 24.3 Å². The molecule has 1 aliphatic heterocycles. The predicted octanol–water partition coefficient (Wildman–Crippen LogP) is 2.40. The third kappa shape index (κ3) is 4.91. The minimum absolute atomic E-state index is 0.180. The Hall–Kier alpha value is -1.75. The normalized spacial score (nSPS) is 15.6. The van der Waals surface area contributed by atoms with Crippen LogP contribution in [0.2, 0.25) is 0 Å². The van der Waals surface area contributed by atoms with Crippen molar-refractivity contribution in [2.45, 2.75) is 19.8 Å². The monoisotopic (exact) mass is 306 g/mol. The number of benzene rings is 1. The zero-order chi connectivity index (χ0) is 15.8. The number of nitrogens with zero attached hydrogens (tertiary/aromatic N) is 2. The van der Waals surface area contributed by atoms with Crippen LogP contribution >= 0.6 is 0 Å². The standard InChI is InChI=1S/C17H26N2O3/c1-3-22-17(20)19-13-11-18(12-14-19)10-4-5-15-6-8-16(21-2)9-7-15/h6-9H,3-5,10-14H2,1-2H3. The number of amides is 1. The fourth-order valence-corrected chi connectivity index (χ4v) is 2.67. The number of piperazine rings is 1. The predicted molar refractivity (Wildman–Crippen MR) is 86.4 cm³/mol. The van der Waals surface area contributed by atoms with Gasteiger partial charge in [0.1, 0.15) is 5.75 Å². The molecule has 0 aromatic heterocycles. The second kappa shape index (κ2) is 8.63. The van der Waals surface area contributed by atoms with Crippen LogP contribution in [-0.4, -0.2) is 62.3 Å². The lowest BCUT2D eigenvalue weighted by Gasteiger charge is -2.34. The Morgan fingerprint density at radius 2 is 1.82 bits per heavy atom. The SMILES string of the molecule is CCOC(=O)N1CCN(CCCc2ccc(OC)cc2)CC1. The zero-order valence-electron chi connectivity index (χ0n) is 13.6. The van der Waals surface area contributed by atoms with Gasteiger partial charge in [-0.3, -0.25) is 4.90 Å². The molecule has 1 aromatic carbocycles. The fourth-order valence-electron chi connectivity index (χ4n) is 2.67. The first-order chi connectivity index (χ1) is 10.7. The topological polar surface area (TPSA) is 42.0 Å². The van der Waals surface area contributed by atoms with Crippen LogP contribution in [-0.2, 0) is 11.2 Å². The van der Waals surface area contributed by atoms with E-state index in [1.807, 2.05) is 19.1 Å². The molecular weight excluding hydrogens is 280 g/mol. The second-order valence-corrected chi connectivity index (χ2v) is 5.48.